The normalized spacial score (nSPS) is 19.5. The number of carbonyl (C=O) groups is 2. The van der Waals surface area contributed by atoms with Gasteiger partial charge in [0.1, 0.15) is 11.6 Å². The standard InChI is InChI=1S/C14H14F2O3/c15-11-3-1-9(7-12(11)16)2-4-13(17)10-8-19-6-5-14(10)18/h1,3,7,10H,2,4-6,8H2. The summed E-state index contributed by atoms with van der Waals surface area (Å²) in [4.78, 5) is 23.4. The molecular formula is C14H14F2O3. The first-order valence-electron chi connectivity index (χ1n) is 6.15. The quantitative estimate of drug-likeness (QED) is 0.785. The van der Waals surface area contributed by atoms with Gasteiger partial charge >= 0.3 is 0 Å². The Balaban J connectivity index is 1.92. The maximum absolute atomic E-state index is 13.0. The fraction of sp³-hybridized carbons (Fsp3) is 0.429. The molecule has 0 spiro atoms. The molecule has 0 N–H and O–H groups in total. The summed E-state index contributed by atoms with van der Waals surface area (Å²) in [6.45, 7) is 0.501. The van der Waals surface area contributed by atoms with E-state index in [1.807, 2.05) is 0 Å². The largest absolute Gasteiger partial charge is 0.380 e. The van der Waals surface area contributed by atoms with Crippen LogP contribution in [0.3, 0.4) is 0 Å². The molecule has 1 heterocycles. The Labute approximate surface area is 109 Å². The first-order chi connectivity index (χ1) is 9.08. The van der Waals surface area contributed by atoms with E-state index in [9.17, 15) is 18.4 Å². The Hall–Kier alpha value is -1.62. The lowest BCUT2D eigenvalue weighted by atomic mass is 9.92. The molecule has 0 aliphatic carbocycles. The number of aryl methyl sites for hydroxylation is 1. The summed E-state index contributed by atoms with van der Waals surface area (Å²) < 4.78 is 30.8. The van der Waals surface area contributed by atoms with Gasteiger partial charge in [0, 0.05) is 12.8 Å². The predicted octanol–water partition coefficient (Wildman–Crippen LogP) is 2.07. The molecular weight excluding hydrogens is 254 g/mol. The molecule has 0 amide bonds. The Morgan fingerprint density at radius 3 is 2.79 bits per heavy atom. The predicted molar refractivity (Wildman–Crippen MR) is 63.6 cm³/mol. The van der Waals surface area contributed by atoms with E-state index < -0.39 is 17.6 Å². The van der Waals surface area contributed by atoms with Crippen LogP contribution < -0.4 is 0 Å². The monoisotopic (exact) mass is 268 g/mol. The van der Waals surface area contributed by atoms with Crippen molar-refractivity contribution in [2.45, 2.75) is 19.3 Å². The van der Waals surface area contributed by atoms with Crippen LogP contribution in [0.5, 0.6) is 0 Å². The summed E-state index contributed by atoms with van der Waals surface area (Å²) in [7, 11) is 0. The van der Waals surface area contributed by atoms with Gasteiger partial charge < -0.3 is 4.74 Å². The Bertz CT molecular complexity index is 499. The van der Waals surface area contributed by atoms with Gasteiger partial charge in [-0.05, 0) is 24.1 Å². The Morgan fingerprint density at radius 2 is 2.11 bits per heavy atom. The molecule has 1 aromatic carbocycles. The van der Waals surface area contributed by atoms with Gasteiger partial charge in [0.25, 0.3) is 0 Å². The summed E-state index contributed by atoms with van der Waals surface area (Å²) in [5, 5.41) is 0. The lowest BCUT2D eigenvalue weighted by Gasteiger charge is -2.19. The number of ether oxygens (including phenoxy) is 1. The lowest BCUT2D eigenvalue weighted by molar-refractivity contribution is -0.139. The SMILES string of the molecule is O=C1CCOCC1C(=O)CCc1ccc(F)c(F)c1. The van der Waals surface area contributed by atoms with Gasteiger partial charge in [-0.25, -0.2) is 8.78 Å². The molecule has 3 nitrogen and oxygen atoms in total. The number of benzene rings is 1. The molecule has 1 unspecified atom stereocenters. The smallest absolute Gasteiger partial charge is 0.159 e. The van der Waals surface area contributed by atoms with E-state index in [4.69, 9.17) is 4.74 Å². The third kappa shape index (κ3) is 3.44. The fourth-order valence-corrected chi connectivity index (χ4v) is 2.05. The van der Waals surface area contributed by atoms with E-state index in [1.54, 1.807) is 0 Å². The first-order valence-corrected chi connectivity index (χ1v) is 6.15. The molecule has 19 heavy (non-hydrogen) atoms. The summed E-state index contributed by atoms with van der Waals surface area (Å²) in [5.74, 6) is -2.83. The summed E-state index contributed by atoms with van der Waals surface area (Å²) in [6.07, 6.45) is 0.687. The summed E-state index contributed by atoms with van der Waals surface area (Å²) in [5.41, 5.74) is 0.538. The van der Waals surface area contributed by atoms with Gasteiger partial charge in [0.2, 0.25) is 0 Å². The highest BCUT2D eigenvalue weighted by Crippen LogP contribution is 2.15. The van der Waals surface area contributed by atoms with Gasteiger partial charge in [-0.15, -0.1) is 0 Å². The maximum atomic E-state index is 13.0. The molecule has 1 saturated heterocycles. The molecule has 1 aliphatic rings. The topological polar surface area (TPSA) is 43.4 Å². The summed E-state index contributed by atoms with van der Waals surface area (Å²) in [6, 6.07) is 3.54. The third-order valence-electron chi connectivity index (χ3n) is 3.20. The van der Waals surface area contributed by atoms with Gasteiger partial charge in [-0.2, -0.15) is 0 Å². The number of ketones is 2. The van der Waals surface area contributed by atoms with Crippen LogP contribution in [0.1, 0.15) is 18.4 Å². The zero-order chi connectivity index (χ0) is 13.8. The van der Waals surface area contributed by atoms with E-state index in [0.717, 1.165) is 12.1 Å². The van der Waals surface area contributed by atoms with Crippen molar-refractivity contribution in [2.24, 2.45) is 5.92 Å². The molecule has 0 saturated carbocycles. The van der Waals surface area contributed by atoms with Crippen LogP contribution in [0.2, 0.25) is 0 Å². The molecule has 1 atom stereocenters. The molecule has 1 aliphatic heterocycles. The number of hydrogen-bond acceptors (Lipinski definition) is 3. The van der Waals surface area contributed by atoms with Gasteiger partial charge in [-0.3, -0.25) is 9.59 Å². The molecule has 1 fully saturated rings. The second-order valence-corrected chi connectivity index (χ2v) is 4.56. The number of carbonyl (C=O) groups excluding carboxylic acids is 2. The average Bonchev–Trinajstić information content (AvgIpc) is 2.40. The highest BCUT2D eigenvalue weighted by molar-refractivity contribution is 6.02. The minimum atomic E-state index is -0.929. The number of hydrogen-bond donors (Lipinski definition) is 0. The summed E-state index contributed by atoms with van der Waals surface area (Å²) >= 11 is 0. The van der Waals surface area contributed by atoms with Crippen molar-refractivity contribution in [2.75, 3.05) is 13.2 Å². The third-order valence-corrected chi connectivity index (χ3v) is 3.20. The van der Waals surface area contributed by atoms with E-state index in [2.05, 4.69) is 0 Å². The number of Topliss-reactive ketones (excluding diaryl/α,β-unsaturated/α-hetero) is 2. The van der Waals surface area contributed by atoms with E-state index >= 15 is 0 Å². The van der Waals surface area contributed by atoms with E-state index in [-0.39, 0.29) is 31.0 Å². The highest BCUT2D eigenvalue weighted by Gasteiger charge is 2.28. The number of rotatable bonds is 4. The van der Waals surface area contributed by atoms with Crippen LogP contribution >= 0.6 is 0 Å². The second-order valence-electron chi connectivity index (χ2n) is 4.56. The zero-order valence-electron chi connectivity index (χ0n) is 10.3. The molecule has 0 bridgehead atoms. The minimum absolute atomic E-state index is 0.0958. The lowest BCUT2D eigenvalue weighted by Crippen LogP contribution is -2.34. The molecule has 102 valence electrons. The van der Waals surface area contributed by atoms with Crippen molar-refractivity contribution >= 4 is 11.6 Å². The molecule has 5 heteroatoms. The average molecular weight is 268 g/mol. The first kappa shape index (κ1) is 13.8. The van der Waals surface area contributed by atoms with Crippen LogP contribution in [0.25, 0.3) is 0 Å². The van der Waals surface area contributed by atoms with Crippen LogP contribution in [-0.2, 0) is 20.7 Å². The second kappa shape index (κ2) is 6.02. The van der Waals surface area contributed by atoms with Gasteiger partial charge in [-0.1, -0.05) is 6.07 Å². The van der Waals surface area contributed by atoms with E-state index in [1.165, 1.54) is 6.07 Å². The maximum Gasteiger partial charge on any atom is 0.159 e. The molecule has 1 aromatic rings. The van der Waals surface area contributed by atoms with Crippen molar-refractivity contribution in [1.82, 2.24) is 0 Å². The van der Waals surface area contributed by atoms with Gasteiger partial charge in [0.15, 0.2) is 11.6 Å². The van der Waals surface area contributed by atoms with Crippen molar-refractivity contribution in [1.29, 1.82) is 0 Å². The molecule has 0 aromatic heterocycles. The van der Waals surface area contributed by atoms with Gasteiger partial charge in [0.05, 0.1) is 19.1 Å². The molecule has 0 radical (unpaired) electrons. The van der Waals surface area contributed by atoms with Crippen molar-refractivity contribution in [3.05, 3.63) is 35.4 Å². The van der Waals surface area contributed by atoms with Crippen molar-refractivity contribution < 1.29 is 23.1 Å². The van der Waals surface area contributed by atoms with Crippen LogP contribution in [0.4, 0.5) is 8.78 Å². The zero-order valence-corrected chi connectivity index (χ0v) is 10.3. The van der Waals surface area contributed by atoms with Crippen molar-refractivity contribution in [3.8, 4) is 0 Å². The van der Waals surface area contributed by atoms with Crippen LogP contribution in [0, 0.1) is 17.6 Å². The van der Waals surface area contributed by atoms with E-state index in [0.29, 0.717) is 18.6 Å². The Morgan fingerprint density at radius 1 is 1.32 bits per heavy atom. The fourth-order valence-electron chi connectivity index (χ4n) is 2.05. The van der Waals surface area contributed by atoms with Crippen LogP contribution in [0.15, 0.2) is 18.2 Å². The number of halogens is 2. The van der Waals surface area contributed by atoms with Crippen LogP contribution in [-0.4, -0.2) is 24.8 Å². The minimum Gasteiger partial charge on any atom is -0.380 e. The Kier molecular flexibility index (Phi) is 4.37. The highest BCUT2D eigenvalue weighted by atomic mass is 19.2. The molecule has 2 rings (SSSR count). The van der Waals surface area contributed by atoms with Crippen molar-refractivity contribution in [3.63, 3.8) is 0 Å².